The topological polar surface area (TPSA) is 123 Å². The van der Waals surface area contributed by atoms with E-state index in [4.69, 9.17) is 14.2 Å². The SMILES string of the molecule is CC1(NC(=O)O[C@@H]2CC[C@H](C3CC(Nc4nccn5nc(COC6CCOC6)cc45)=NN3)C2)CC1. The van der Waals surface area contributed by atoms with Gasteiger partial charge in [0.1, 0.15) is 17.5 Å². The fourth-order valence-corrected chi connectivity index (χ4v) is 5.12. The van der Waals surface area contributed by atoms with Crippen LogP contribution in [0.15, 0.2) is 23.6 Å². The number of carbonyl (C=O) groups is 1. The quantitative estimate of drug-likeness (QED) is 0.549. The molecule has 2 aliphatic carbocycles. The summed E-state index contributed by atoms with van der Waals surface area (Å²) in [5, 5.41) is 15.5. The number of alkyl carbamates (subject to hydrolysis) is 1. The van der Waals surface area contributed by atoms with Gasteiger partial charge in [0.15, 0.2) is 5.82 Å². The van der Waals surface area contributed by atoms with Gasteiger partial charge in [-0.1, -0.05) is 0 Å². The first-order chi connectivity index (χ1) is 17.0. The van der Waals surface area contributed by atoms with Crippen LogP contribution in [0.4, 0.5) is 10.6 Å². The Morgan fingerprint density at radius 2 is 2.23 bits per heavy atom. The Bertz CT molecular complexity index is 1110. The van der Waals surface area contributed by atoms with Gasteiger partial charge in [-0.2, -0.15) is 10.2 Å². The predicted octanol–water partition coefficient (Wildman–Crippen LogP) is 2.57. The van der Waals surface area contributed by atoms with Crippen molar-refractivity contribution in [1.82, 2.24) is 25.3 Å². The molecule has 0 spiro atoms. The molecule has 0 radical (unpaired) electrons. The third kappa shape index (κ3) is 5.20. The lowest BCUT2D eigenvalue weighted by Crippen LogP contribution is -2.36. The number of ether oxygens (including phenoxy) is 3. The average molecular weight is 484 g/mol. The summed E-state index contributed by atoms with van der Waals surface area (Å²) in [6.45, 7) is 3.91. The Morgan fingerprint density at radius 3 is 3.06 bits per heavy atom. The Kier molecular flexibility index (Phi) is 5.97. The van der Waals surface area contributed by atoms with Crippen LogP contribution in [-0.4, -0.2) is 63.5 Å². The van der Waals surface area contributed by atoms with E-state index in [0.717, 1.165) is 74.4 Å². The van der Waals surface area contributed by atoms with Crippen LogP contribution in [0.5, 0.6) is 0 Å². The number of rotatable bonds is 7. The van der Waals surface area contributed by atoms with E-state index < -0.39 is 0 Å². The summed E-state index contributed by atoms with van der Waals surface area (Å²) in [5.41, 5.74) is 4.96. The van der Waals surface area contributed by atoms with Gasteiger partial charge in [-0.15, -0.1) is 0 Å². The maximum atomic E-state index is 12.1. The Balaban J connectivity index is 1.01. The van der Waals surface area contributed by atoms with E-state index in [0.29, 0.717) is 19.1 Å². The summed E-state index contributed by atoms with van der Waals surface area (Å²) in [7, 11) is 0. The van der Waals surface area contributed by atoms with Gasteiger partial charge in [-0.25, -0.2) is 14.3 Å². The maximum Gasteiger partial charge on any atom is 0.407 e. The molecule has 1 amide bonds. The van der Waals surface area contributed by atoms with Gasteiger partial charge < -0.3 is 30.3 Å². The van der Waals surface area contributed by atoms with Crippen LogP contribution in [0, 0.1) is 5.92 Å². The number of fused-ring (bicyclic) bond motifs is 1. The van der Waals surface area contributed by atoms with Crippen LogP contribution in [0.2, 0.25) is 0 Å². The van der Waals surface area contributed by atoms with E-state index >= 15 is 0 Å². The van der Waals surface area contributed by atoms with Crippen LogP contribution in [0.25, 0.3) is 5.52 Å². The van der Waals surface area contributed by atoms with E-state index in [-0.39, 0.29) is 29.9 Å². The van der Waals surface area contributed by atoms with E-state index in [1.165, 1.54) is 0 Å². The van der Waals surface area contributed by atoms with Crippen LogP contribution in [0.1, 0.15) is 57.6 Å². The molecule has 6 rings (SSSR count). The van der Waals surface area contributed by atoms with Crippen molar-refractivity contribution in [3.63, 3.8) is 0 Å². The predicted molar refractivity (Wildman–Crippen MR) is 128 cm³/mol. The lowest BCUT2D eigenvalue weighted by atomic mass is 9.96. The number of anilines is 1. The van der Waals surface area contributed by atoms with Crippen LogP contribution >= 0.6 is 0 Å². The molecule has 1 saturated heterocycles. The van der Waals surface area contributed by atoms with Crippen LogP contribution in [0.3, 0.4) is 0 Å². The molecular weight excluding hydrogens is 450 g/mol. The number of amides is 1. The molecule has 4 atom stereocenters. The number of hydrogen-bond donors (Lipinski definition) is 3. The van der Waals surface area contributed by atoms with Crippen LogP contribution < -0.4 is 16.1 Å². The first-order valence-electron chi connectivity index (χ1n) is 12.6. The average Bonchev–Trinajstić information content (AvgIpc) is 3.41. The molecule has 11 nitrogen and oxygen atoms in total. The number of nitrogens with one attached hydrogen (secondary N) is 3. The largest absolute Gasteiger partial charge is 0.446 e. The standard InChI is InChI=1S/C24H33N7O4/c1-24(5-6-24)27-23(32)35-17-3-2-15(10-17)19-12-21(29-28-19)26-22-20-11-16(30-31(20)8-7-25-22)13-34-18-4-9-33-14-18/h7-8,11,15,17-19,28H,2-6,9-10,12-14H2,1H3,(H,27,32)(H,25,26,29)/t15-,17+,18?,19?/m0/s1. The number of amidine groups is 1. The van der Waals surface area contributed by atoms with Crippen molar-refractivity contribution >= 4 is 23.3 Å². The second kappa shape index (κ2) is 9.27. The highest BCUT2D eigenvalue weighted by atomic mass is 16.6. The molecule has 4 aliphatic rings. The smallest absolute Gasteiger partial charge is 0.407 e. The summed E-state index contributed by atoms with van der Waals surface area (Å²) in [4.78, 5) is 16.7. The lowest BCUT2D eigenvalue weighted by molar-refractivity contribution is 0.0300. The molecule has 2 unspecified atom stereocenters. The van der Waals surface area contributed by atoms with Crippen molar-refractivity contribution in [2.24, 2.45) is 11.0 Å². The molecule has 11 heteroatoms. The molecule has 3 fully saturated rings. The summed E-state index contributed by atoms with van der Waals surface area (Å²) in [6.07, 6.45) is 9.91. The Hall–Kier alpha value is -2.92. The molecular formula is C24H33N7O4. The molecule has 2 aromatic rings. The van der Waals surface area contributed by atoms with E-state index in [2.05, 4.69) is 38.2 Å². The van der Waals surface area contributed by atoms with E-state index in [9.17, 15) is 4.79 Å². The highest BCUT2D eigenvalue weighted by molar-refractivity contribution is 5.98. The molecule has 2 aromatic heterocycles. The number of aromatic nitrogens is 3. The fourth-order valence-electron chi connectivity index (χ4n) is 5.12. The van der Waals surface area contributed by atoms with E-state index in [1.807, 2.05) is 16.8 Å². The zero-order valence-corrected chi connectivity index (χ0v) is 20.0. The Labute approximate surface area is 204 Å². The lowest BCUT2D eigenvalue weighted by Gasteiger charge is -2.19. The number of nitrogens with zero attached hydrogens (tertiary/aromatic N) is 4. The third-order valence-electron chi connectivity index (χ3n) is 7.51. The second-order valence-electron chi connectivity index (χ2n) is 10.4. The minimum atomic E-state index is -0.282. The second-order valence-corrected chi connectivity index (χ2v) is 10.4. The maximum absolute atomic E-state index is 12.1. The summed E-state index contributed by atoms with van der Waals surface area (Å²) in [6, 6.07) is 2.22. The summed E-state index contributed by atoms with van der Waals surface area (Å²) < 4.78 is 18.8. The zero-order chi connectivity index (χ0) is 23.8. The molecule has 2 aliphatic heterocycles. The van der Waals surface area contributed by atoms with Gasteiger partial charge in [-0.3, -0.25) is 0 Å². The molecule has 3 N–H and O–H groups in total. The molecule has 0 aromatic carbocycles. The molecule has 2 saturated carbocycles. The van der Waals surface area contributed by atoms with Crippen molar-refractivity contribution < 1.29 is 19.0 Å². The highest BCUT2D eigenvalue weighted by Crippen LogP contribution is 2.36. The molecule has 0 bridgehead atoms. The van der Waals surface area contributed by atoms with Gasteiger partial charge in [-0.05, 0) is 57.4 Å². The summed E-state index contributed by atoms with van der Waals surface area (Å²) >= 11 is 0. The van der Waals surface area contributed by atoms with Gasteiger partial charge in [0.2, 0.25) is 0 Å². The third-order valence-corrected chi connectivity index (χ3v) is 7.51. The van der Waals surface area contributed by atoms with Gasteiger partial charge >= 0.3 is 6.09 Å². The monoisotopic (exact) mass is 483 g/mol. The zero-order valence-electron chi connectivity index (χ0n) is 20.0. The van der Waals surface area contributed by atoms with Gasteiger partial charge in [0, 0.05) is 31.0 Å². The van der Waals surface area contributed by atoms with Crippen molar-refractivity contribution in [1.29, 1.82) is 0 Å². The van der Waals surface area contributed by atoms with Crippen molar-refractivity contribution in [3.05, 3.63) is 24.2 Å². The summed E-state index contributed by atoms with van der Waals surface area (Å²) in [5.74, 6) is 1.98. The van der Waals surface area contributed by atoms with Crippen molar-refractivity contribution in [3.8, 4) is 0 Å². The fraction of sp³-hybridized carbons (Fsp3) is 0.667. The van der Waals surface area contributed by atoms with E-state index in [1.54, 1.807) is 6.20 Å². The molecule has 4 heterocycles. The van der Waals surface area contributed by atoms with Crippen molar-refractivity contribution in [2.45, 2.75) is 82.3 Å². The van der Waals surface area contributed by atoms with Crippen molar-refractivity contribution in [2.75, 3.05) is 18.5 Å². The molecule has 188 valence electrons. The highest BCUT2D eigenvalue weighted by Gasteiger charge is 2.41. The minimum Gasteiger partial charge on any atom is -0.446 e. The number of carbonyl (C=O) groups excluding carboxylic acids is 1. The van der Waals surface area contributed by atoms with Gasteiger partial charge in [0.05, 0.1) is 31.1 Å². The minimum absolute atomic E-state index is 0.0280. The number of hydrazone groups is 1. The first kappa shape index (κ1) is 22.5. The normalized spacial score (nSPS) is 29.1. The number of hydrogen-bond acceptors (Lipinski definition) is 9. The molecule has 35 heavy (non-hydrogen) atoms. The van der Waals surface area contributed by atoms with Gasteiger partial charge in [0.25, 0.3) is 0 Å². The first-order valence-corrected chi connectivity index (χ1v) is 12.6. The Morgan fingerprint density at radius 1 is 1.31 bits per heavy atom. The van der Waals surface area contributed by atoms with Crippen LogP contribution in [-0.2, 0) is 20.8 Å².